The van der Waals surface area contributed by atoms with E-state index in [0.717, 1.165) is 7.05 Å². The molecule has 21 heavy (non-hydrogen) atoms. The number of hydrogen-bond donors (Lipinski definition) is 1. The van der Waals surface area contributed by atoms with E-state index in [1.807, 2.05) is 0 Å². The van der Waals surface area contributed by atoms with E-state index in [4.69, 9.17) is 13.1 Å². The summed E-state index contributed by atoms with van der Waals surface area (Å²) in [6.07, 6.45) is -11.9. The SMILES string of the molecule is [B]/C(=N\O)c1c(C(F)(F)F)c(C(F)(F)C(F)(F)F)cn1C. The molecule has 1 N–H and O–H groups in total. The van der Waals surface area contributed by atoms with Crippen LogP contribution in [-0.2, 0) is 19.1 Å². The highest BCUT2D eigenvalue weighted by Crippen LogP contribution is 2.49. The molecule has 0 saturated heterocycles. The summed E-state index contributed by atoms with van der Waals surface area (Å²) in [5.41, 5.74) is -7.20. The summed E-state index contributed by atoms with van der Waals surface area (Å²) in [6, 6.07) is 0. The molecule has 0 bridgehead atoms. The van der Waals surface area contributed by atoms with Crippen molar-refractivity contribution in [3.8, 4) is 0 Å². The van der Waals surface area contributed by atoms with Gasteiger partial charge in [0.2, 0.25) is 0 Å². The summed E-state index contributed by atoms with van der Waals surface area (Å²) in [5, 5.41) is 10.5. The molecule has 1 aromatic rings. The van der Waals surface area contributed by atoms with Gasteiger partial charge in [-0.15, -0.1) is 5.16 Å². The third-order valence-electron chi connectivity index (χ3n) is 2.51. The number of aromatic nitrogens is 1. The fraction of sp³-hybridized carbons (Fsp3) is 0.444. The van der Waals surface area contributed by atoms with Crippen LogP contribution in [0.1, 0.15) is 16.8 Å². The Morgan fingerprint density at radius 1 is 1.14 bits per heavy atom. The van der Waals surface area contributed by atoms with Gasteiger partial charge in [-0.05, 0) is 0 Å². The molecule has 0 aromatic carbocycles. The highest BCUT2D eigenvalue weighted by molar-refractivity contribution is 6.64. The lowest BCUT2D eigenvalue weighted by atomic mass is 9.92. The normalized spacial score (nSPS) is 14.6. The summed E-state index contributed by atoms with van der Waals surface area (Å²) >= 11 is 0. The van der Waals surface area contributed by atoms with Gasteiger partial charge < -0.3 is 9.77 Å². The first kappa shape index (κ1) is 17.3. The minimum absolute atomic E-state index is 0.0658. The minimum Gasteiger partial charge on any atom is -0.411 e. The van der Waals surface area contributed by atoms with E-state index in [2.05, 4.69) is 5.16 Å². The van der Waals surface area contributed by atoms with Crippen LogP contribution in [0.3, 0.4) is 0 Å². The highest BCUT2D eigenvalue weighted by Gasteiger charge is 2.62. The lowest BCUT2D eigenvalue weighted by molar-refractivity contribution is -0.291. The number of rotatable bonds is 2. The van der Waals surface area contributed by atoms with E-state index in [9.17, 15) is 35.1 Å². The maximum absolute atomic E-state index is 13.2. The molecule has 1 rings (SSSR count). The van der Waals surface area contributed by atoms with E-state index in [1.54, 1.807) is 0 Å². The standard InChI is InChI=1S/C9H5BF8N2O/c1-20-2-3(7(11,12)9(16,17)18)4(8(13,14)15)5(20)6(10)19-21/h2,21H,1H3/b19-6-. The monoisotopic (exact) mass is 320 g/mol. The van der Waals surface area contributed by atoms with E-state index < -0.39 is 40.7 Å². The van der Waals surface area contributed by atoms with Crippen LogP contribution in [-0.4, -0.2) is 29.4 Å². The first-order chi connectivity index (χ1) is 9.25. The van der Waals surface area contributed by atoms with Gasteiger partial charge in [-0.25, -0.2) is 0 Å². The van der Waals surface area contributed by atoms with Gasteiger partial charge in [0.25, 0.3) is 0 Å². The lowest BCUT2D eigenvalue weighted by Crippen LogP contribution is -2.35. The molecular formula is C9H5BF8N2O. The Kier molecular flexibility index (Phi) is 4.05. The summed E-state index contributed by atoms with van der Waals surface area (Å²) in [5.74, 6) is -5.76. The molecule has 0 spiro atoms. The van der Waals surface area contributed by atoms with Crippen LogP contribution < -0.4 is 0 Å². The zero-order chi connectivity index (χ0) is 16.8. The maximum Gasteiger partial charge on any atom is 0.458 e. The van der Waals surface area contributed by atoms with Crippen molar-refractivity contribution in [1.29, 1.82) is 0 Å². The van der Waals surface area contributed by atoms with Crippen LogP contribution >= 0.6 is 0 Å². The van der Waals surface area contributed by atoms with Crippen molar-refractivity contribution in [3.63, 3.8) is 0 Å². The van der Waals surface area contributed by atoms with Crippen LogP contribution in [0.5, 0.6) is 0 Å². The smallest absolute Gasteiger partial charge is 0.411 e. The number of aryl methyl sites for hydroxylation is 1. The van der Waals surface area contributed by atoms with Crippen molar-refractivity contribution >= 4 is 13.5 Å². The molecule has 12 heteroatoms. The Labute approximate surface area is 113 Å². The number of halogens is 8. The van der Waals surface area contributed by atoms with Gasteiger partial charge in [-0.1, -0.05) is 0 Å². The van der Waals surface area contributed by atoms with Gasteiger partial charge in [-0.2, -0.15) is 35.1 Å². The van der Waals surface area contributed by atoms with Crippen LogP contribution in [0.4, 0.5) is 35.1 Å². The number of oxime groups is 1. The molecule has 0 amide bonds. The Hall–Kier alpha value is -1.75. The molecule has 0 atom stereocenters. The quantitative estimate of drug-likeness (QED) is 0.294. The molecule has 116 valence electrons. The zero-order valence-electron chi connectivity index (χ0n) is 10.0. The largest absolute Gasteiger partial charge is 0.458 e. The number of alkyl halides is 8. The molecule has 3 nitrogen and oxygen atoms in total. The second-order valence-electron chi connectivity index (χ2n) is 3.93. The van der Waals surface area contributed by atoms with Crippen molar-refractivity contribution in [2.24, 2.45) is 12.2 Å². The Morgan fingerprint density at radius 3 is 1.95 bits per heavy atom. The highest BCUT2D eigenvalue weighted by atomic mass is 19.4. The van der Waals surface area contributed by atoms with Crippen molar-refractivity contribution in [1.82, 2.24) is 4.57 Å². The molecule has 0 aliphatic rings. The van der Waals surface area contributed by atoms with Crippen molar-refractivity contribution < 1.29 is 40.3 Å². The zero-order valence-corrected chi connectivity index (χ0v) is 10.0. The molecule has 1 heterocycles. The van der Waals surface area contributed by atoms with Crippen LogP contribution in [0.2, 0.25) is 0 Å². The summed E-state index contributed by atoms with van der Waals surface area (Å²) < 4.78 is 102. The van der Waals surface area contributed by atoms with Crippen molar-refractivity contribution in [2.75, 3.05) is 0 Å². The molecular weight excluding hydrogens is 315 g/mol. The first-order valence-electron chi connectivity index (χ1n) is 4.94. The third kappa shape index (κ3) is 2.83. The molecule has 0 aliphatic carbocycles. The molecule has 0 saturated carbocycles. The molecule has 0 aliphatic heterocycles. The van der Waals surface area contributed by atoms with E-state index >= 15 is 0 Å². The fourth-order valence-electron chi connectivity index (χ4n) is 1.66. The summed E-state index contributed by atoms with van der Waals surface area (Å²) in [7, 11) is 5.66. The molecule has 2 radical (unpaired) electrons. The second-order valence-corrected chi connectivity index (χ2v) is 3.93. The molecule has 0 fully saturated rings. The van der Waals surface area contributed by atoms with Crippen LogP contribution in [0.25, 0.3) is 0 Å². The Bertz CT molecular complexity index is 572. The second kappa shape index (κ2) is 4.91. The van der Waals surface area contributed by atoms with Gasteiger partial charge >= 0.3 is 18.3 Å². The van der Waals surface area contributed by atoms with Crippen molar-refractivity contribution in [3.05, 3.63) is 23.0 Å². The molecule has 0 unspecified atom stereocenters. The topological polar surface area (TPSA) is 37.5 Å². The average molecular weight is 320 g/mol. The van der Waals surface area contributed by atoms with Gasteiger partial charge in [0.15, 0.2) is 0 Å². The number of nitrogens with zero attached hydrogens (tertiary/aromatic N) is 2. The average Bonchev–Trinajstić information content (AvgIpc) is 2.64. The Morgan fingerprint density at radius 2 is 1.62 bits per heavy atom. The predicted molar refractivity (Wildman–Crippen MR) is 54.4 cm³/mol. The van der Waals surface area contributed by atoms with E-state index in [0.29, 0.717) is 0 Å². The summed E-state index contributed by atoms with van der Waals surface area (Å²) in [4.78, 5) is 0. The van der Waals surface area contributed by atoms with Crippen LogP contribution in [0.15, 0.2) is 11.4 Å². The minimum atomic E-state index is -6.24. The van der Waals surface area contributed by atoms with Gasteiger partial charge in [0, 0.05) is 18.9 Å². The maximum atomic E-state index is 13.2. The lowest BCUT2D eigenvalue weighted by Gasteiger charge is -2.21. The predicted octanol–water partition coefficient (Wildman–Crippen LogP) is 3.00. The Balaban J connectivity index is 3.79. The first-order valence-corrected chi connectivity index (χ1v) is 4.94. The van der Waals surface area contributed by atoms with E-state index in [1.165, 1.54) is 0 Å². The third-order valence-corrected chi connectivity index (χ3v) is 2.51. The van der Waals surface area contributed by atoms with Gasteiger partial charge in [0.1, 0.15) is 7.85 Å². The summed E-state index contributed by atoms with van der Waals surface area (Å²) in [6.45, 7) is 0. The van der Waals surface area contributed by atoms with Gasteiger partial charge in [-0.3, -0.25) is 0 Å². The van der Waals surface area contributed by atoms with E-state index in [-0.39, 0.29) is 10.8 Å². The van der Waals surface area contributed by atoms with Crippen molar-refractivity contribution in [2.45, 2.75) is 18.3 Å². The number of hydrogen-bond acceptors (Lipinski definition) is 2. The molecule has 1 aromatic heterocycles. The van der Waals surface area contributed by atoms with Gasteiger partial charge in [0.05, 0.1) is 16.8 Å². The fourth-order valence-corrected chi connectivity index (χ4v) is 1.66. The van der Waals surface area contributed by atoms with Crippen LogP contribution in [0, 0.1) is 0 Å².